The lowest BCUT2D eigenvalue weighted by Crippen LogP contribution is -2.26. The lowest BCUT2D eigenvalue weighted by molar-refractivity contribution is -0.152. The Morgan fingerprint density at radius 2 is 2.14 bits per heavy atom. The third-order valence-electron chi connectivity index (χ3n) is 3.18. The van der Waals surface area contributed by atoms with Crippen molar-refractivity contribution in [1.82, 2.24) is 0 Å². The van der Waals surface area contributed by atoms with E-state index in [9.17, 15) is 9.90 Å². The first-order valence-electron chi connectivity index (χ1n) is 5.34. The largest absolute Gasteiger partial charge is 0.459 e. The van der Waals surface area contributed by atoms with Crippen LogP contribution in [0.15, 0.2) is 0 Å². The van der Waals surface area contributed by atoms with E-state index in [1.165, 1.54) is 0 Å². The van der Waals surface area contributed by atoms with E-state index in [-0.39, 0.29) is 23.9 Å². The van der Waals surface area contributed by atoms with Gasteiger partial charge in [-0.2, -0.15) is 0 Å². The highest BCUT2D eigenvalue weighted by Crippen LogP contribution is 2.45. The van der Waals surface area contributed by atoms with Gasteiger partial charge in [0.15, 0.2) is 0 Å². The molecule has 0 aliphatic heterocycles. The highest BCUT2D eigenvalue weighted by atomic mass is 16.6. The number of esters is 1. The van der Waals surface area contributed by atoms with Gasteiger partial charge in [-0.25, -0.2) is 0 Å². The molecule has 0 spiro atoms. The second-order valence-corrected chi connectivity index (χ2v) is 4.58. The van der Waals surface area contributed by atoms with Crippen molar-refractivity contribution in [3.05, 3.63) is 0 Å². The van der Waals surface area contributed by atoms with E-state index in [2.05, 4.69) is 0 Å². The molecule has 0 aromatic carbocycles. The maximum absolute atomic E-state index is 11.4. The molecule has 82 valence electrons. The van der Waals surface area contributed by atoms with Crippen LogP contribution in [0, 0.1) is 11.8 Å². The smallest absolute Gasteiger partial charge is 0.309 e. The molecule has 0 bridgehead atoms. The summed E-state index contributed by atoms with van der Waals surface area (Å²) in [5.74, 6) is -0.0988. The standard InChI is InChI=1S/C11H20O3/c1-5-8(4)10(12)14-9-6-11(9,13)7(2)3/h7-9,13H,5-6H2,1-4H3. The summed E-state index contributed by atoms with van der Waals surface area (Å²) in [7, 11) is 0. The minimum atomic E-state index is -0.761. The van der Waals surface area contributed by atoms with Gasteiger partial charge >= 0.3 is 5.97 Å². The Morgan fingerprint density at radius 3 is 2.50 bits per heavy atom. The quantitative estimate of drug-likeness (QED) is 0.703. The Kier molecular flexibility index (Phi) is 3.20. The Balaban J connectivity index is 2.39. The Morgan fingerprint density at radius 1 is 1.57 bits per heavy atom. The summed E-state index contributed by atoms with van der Waals surface area (Å²) >= 11 is 0. The van der Waals surface area contributed by atoms with Gasteiger partial charge in [0.05, 0.1) is 5.92 Å². The molecular weight excluding hydrogens is 180 g/mol. The van der Waals surface area contributed by atoms with Gasteiger partial charge in [-0.15, -0.1) is 0 Å². The molecule has 0 amide bonds. The van der Waals surface area contributed by atoms with Gasteiger partial charge in [0.2, 0.25) is 0 Å². The molecule has 1 aliphatic rings. The maximum Gasteiger partial charge on any atom is 0.309 e. The summed E-state index contributed by atoms with van der Waals surface area (Å²) in [6, 6.07) is 0. The monoisotopic (exact) mass is 200 g/mol. The Bertz CT molecular complexity index is 225. The summed E-state index contributed by atoms with van der Waals surface area (Å²) in [6.07, 6.45) is 1.10. The van der Waals surface area contributed by atoms with Crippen LogP contribution in [0.25, 0.3) is 0 Å². The highest BCUT2D eigenvalue weighted by Gasteiger charge is 2.58. The van der Waals surface area contributed by atoms with E-state index in [1.807, 2.05) is 27.7 Å². The molecule has 3 unspecified atom stereocenters. The number of rotatable bonds is 4. The van der Waals surface area contributed by atoms with Crippen molar-refractivity contribution in [3.8, 4) is 0 Å². The van der Waals surface area contributed by atoms with Crippen LogP contribution in [-0.2, 0) is 9.53 Å². The number of hydrogen-bond donors (Lipinski definition) is 1. The third kappa shape index (κ3) is 2.08. The van der Waals surface area contributed by atoms with E-state index in [0.29, 0.717) is 6.42 Å². The third-order valence-corrected chi connectivity index (χ3v) is 3.18. The molecule has 3 heteroatoms. The number of aliphatic hydroxyl groups is 1. The molecule has 3 atom stereocenters. The molecule has 1 saturated carbocycles. The first-order chi connectivity index (χ1) is 6.41. The normalized spacial score (nSPS) is 32.9. The predicted molar refractivity (Wildman–Crippen MR) is 53.7 cm³/mol. The average Bonchev–Trinajstić information content (AvgIpc) is 2.77. The summed E-state index contributed by atoms with van der Waals surface area (Å²) < 4.78 is 5.20. The van der Waals surface area contributed by atoms with Crippen LogP contribution < -0.4 is 0 Å². The zero-order chi connectivity index (χ0) is 10.9. The van der Waals surface area contributed by atoms with Crippen LogP contribution >= 0.6 is 0 Å². The van der Waals surface area contributed by atoms with E-state index < -0.39 is 5.60 Å². The van der Waals surface area contributed by atoms with Crippen LogP contribution in [0.5, 0.6) is 0 Å². The average molecular weight is 200 g/mol. The van der Waals surface area contributed by atoms with Crippen molar-refractivity contribution in [2.45, 2.75) is 52.2 Å². The van der Waals surface area contributed by atoms with Gasteiger partial charge in [0.25, 0.3) is 0 Å². The number of carbonyl (C=O) groups is 1. The van der Waals surface area contributed by atoms with E-state index in [4.69, 9.17) is 4.74 Å². The van der Waals surface area contributed by atoms with Crippen LogP contribution in [0.1, 0.15) is 40.5 Å². The number of hydrogen-bond acceptors (Lipinski definition) is 3. The maximum atomic E-state index is 11.4. The van der Waals surface area contributed by atoms with Crippen LogP contribution in [0.3, 0.4) is 0 Å². The fourth-order valence-electron chi connectivity index (χ4n) is 1.41. The topological polar surface area (TPSA) is 46.5 Å². The minimum absolute atomic E-state index is 0.0630. The second kappa shape index (κ2) is 3.89. The fourth-order valence-corrected chi connectivity index (χ4v) is 1.41. The van der Waals surface area contributed by atoms with Gasteiger partial charge in [0, 0.05) is 6.42 Å². The van der Waals surface area contributed by atoms with E-state index >= 15 is 0 Å². The first-order valence-corrected chi connectivity index (χ1v) is 5.34. The van der Waals surface area contributed by atoms with Gasteiger partial charge in [-0.05, 0) is 12.3 Å². The molecule has 0 aromatic heterocycles. The minimum Gasteiger partial charge on any atom is -0.459 e. The van der Waals surface area contributed by atoms with Gasteiger partial charge in [-0.3, -0.25) is 4.79 Å². The van der Waals surface area contributed by atoms with Gasteiger partial charge < -0.3 is 9.84 Å². The highest BCUT2D eigenvalue weighted by molar-refractivity contribution is 5.72. The summed E-state index contributed by atoms with van der Waals surface area (Å²) in [4.78, 5) is 11.4. The van der Waals surface area contributed by atoms with Crippen LogP contribution in [-0.4, -0.2) is 22.8 Å². The van der Waals surface area contributed by atoms with Gasteiger partial charge in [0.1, 0.15) is 11.7 Å². The summed E-state index contributed by atoms with van der Waals surface area (Å²) in [5, 5.41) is 9.89. The molecule has 1 aliphatic carbocycles. The van der Waals surface area contributed by atoms with Crippen molar-refractivity contribution < 1.29 is 14.6 Å². The summed E-state index contributed by atoms with van der Waals surface area (Å²) in [6.45, 7) is 7.68. The zero-order valence-corrected chi connectivity index (χ0v) is 9.41. The molecule has 0 heterocycles. The Hall–Kier alpha value is -0.570. The predicted octanol–water partition coefficient (Wildman–Crippen LogP) is 1.74. The SMILES string of the molecule is CCC(C)C(=O)OC1CC1(O)C(C)C. The van der Waals surface area contributed by atoms with E-state index in [1.54, 1.807) is 0 Å². The van der Waals surface area contributed by atoms with Crippen LogP contribution in [0.4, 0.5) is 0 Å². The fraction of sp³-hybridized carbons (Fsp3) is 0.909. The molecule has 0 aromatic rings. The van der Waals surface area contributed by atoms with Gasteiger partial charge in [-0.1, -0.05) is 27.7 Å². The Labute approximate surface area is 85.5 Å². The lowest BCUT2D eigenvalue weighted by atomic mass is 10.1. The van der Waals surface area contributed by atoms with Crippen LogP contribution in [0.2, 0.25) is 0 Å². The molecule has 1 N–H and O–H groups in total. The molecule has 0 saturated heterocycles. The number of carbonyl (C=O) groups excluding carboxylic acids is 1. The van der Waals surface area contributed by atoms with Crippen molar-refractivity contribution in [2.75, 3.05) is 0 Å². The number of ether oxygens (including phenoxy) is 1. The molecule has 3 nitrogen and oxygen atoms in total. The molecule has 1 fully saturated rings. The zero-order valence-electron chi connectivity index (χ0n) is 9.41. The molecule has 14 heavy (non-hydrogen) atoms. The molecule has 0 radical (unpaired) electrons. The first kappa shape index (κ1) is 11.5. The summed E-state index contributed by atoms with van der Waals surface area (Å²) in [5.41, 5.74) is -0.761. The van der Waals surface area contributed by atoms with E-state index in [0.717, 1.165) is 6.42 Å². The lowest BCUT2D eigenvalue weighted by Gasteiger charge is -2.15. The van der Waals surface area contributed by atoms with Crippen molar-refractivity contribution in [3.63, 3.8) is 0 Å². The van der Waals surface area contributed by atoms with Crippen molar-refractivity contribution in [2.24, 2.45) is 11.8 Å². The molecular formula is C11H20O3. The van der Waals surface area contributed by atoms with Crippen molar-refractivity contribution in [1.29, 1.82) is 0 Å². The molecule has 1 rings (SSSR count). The van der Waals surface area contributed by atoms with Crippen molar-refractivity contribution >= 4 is 5.97 Å². The second-order valence-electron chi connectivity index (χ2n) is 4.58.